The molecule has 1 unspecified atom stereocenters. The number of fused-ring (bicyclic) bond motifs is 1. The van der Waals surface area contributed by atoms with Gasteiger partial charge in [-0.05, 0) is 90.3 Å². The van der Waals surface area contributed by atoms with E-state index in [4.69, 9.17) is 11.6 Å². The van der Waals surface area contributed by atoms with Crippen LogP contribution in [0, 0.1) is 5.82 Å². The van der Waals surface area contributed by atoms with E-state index in [-0.39, 0.29) is 60.7 Å². The Labute approximate surface area is 351 Å². The molecule has 2 saturated heterocycles. The zero-order chi connectivity index (χ0) is 42.1. The van der Waals surface area contributed by atoms with E-state index in [1.807, 2.05) is 30.5 Å². The van der Waals surface area contributed by atoms with Gasteiger partial charge in [0.1, 0.15) is 11.7 Å². The lowest BCUT2D eigenvalue weighted by molar-refractivity contribution is -0.134. The predicted octanol–water partition coefficient (Wildman–Crippen LogP) is 6.15. The van der Waals surface area contributed by atoms with Crippen LogP contribution in [0.25, 0.3) is 27.6 Å². The molecule has 0 radical (unpaired) electrons. The number of aromatic amines is 1. The number of piperidine rings is 2. The Balaban J connectivity index is 0.977. The smallest absolute Gasteiger partial charge is 0.269 e. The molecule has 5 amide bonds. The van der Waals surface area contributed by atoms with Crippen molar-refractivity contribution >= 4 is 63.3 Å². The highest BCUT2D eigenvalue weighted by Gasteiger charge is 2.30. The van der Waals surface area contributed by atoms with Gasteiger partial charge >= 0.3 is 0 Å². The number of H-pyrrole nitrogens is 1. The number of aromatic nitrogens is 3. The number of carbonyl (C=O) groups is 5. The second-order valence-corrected chi connectivity index (χ2v) is 16.2. The molecule has 3 aliphatic heterocycles. The van der Waals surface area contributed by atoms with Crippen molar-refractivity contribution in [3.8, 4) is 11.1 Å². The Kier molecular flexibility index (Phi) is 11.6. The van der Waals surface area contributed by atoms with E-state index in [9.17, 15) is 24.0 Å². The fraction of sp³-hybridized carbons (Fsp3) is 0.333. The van der Waals surface area contributed by atoms with Crippen molar-refractivity contribution in [3.63, 3.8) is 0 Å². The highest BCUT2D eigenvalue weighted by molar-refractivity contribution is 6.33. The minimum Gasteiger partial charge on any atom is -0.370 e. The second kappa shape index (κ2) is 17.1. The monoisotopic (exact) mass is 832 g/mol. The first-order chi connectivity index (χ1) is 28.9. The summed E-state index contributed by atoms with van der Waals surface area (Å²) in [5.74, 6) is -1.75. The average Bonchev–Trinajstić information content (AvgIpc) is 3.95. The number of nitrogens with one attached hydrogen (secondary N) is 3. The molecule has 1 atom stereocenters. The fourth-order valence-electron chi connectivity index (χ4n) is 8.41. The van der Waals surface area contributed by atoms with Gasteiger partial charge in [-0.1, -0.05) is 41.9 Å². The normalized spacial score (nSPS) is 17.4. The number of imide groups is 1. The van der Waals surface area contributed by atoms with Gasteiger partial charge in [0.15, 0.2) is 5.82 Å². The van der Waals surface area contributed by atoms with Crippen LogP contribution >= 0.6 is 11.6 Å². The number of halogens is 2. The summed E-state index contributed by atoms with van der Waals surface area (Å²) >= 11 is 6.71. The molecular weight excluding hydrogens is 787 g/mol. The second-order valence-electron chi connectivity index (χ2n) is 15.8. The fourth-order valence-corrected chi connectivity index (χ4v) is 8.71. The molecule has 5 heterocycles. The molecule has 2 fully saturated rings. The third-order valence-electron chi connectivity index (χ3n) is 11.7. The average molecular weight is 833 g/mol. The van der Waals surface area contributed by atoms with Gasteiger partial charge in [-0.15, -0.1) is 0 Å². The summed E-state index contributed by atoms with van der Waals surface area (Å²) in [6.45, 7) is 2.79. The molecule has 3 aromatic carbocycles. The van der Waals surface area contributed by atoms with E-state index in [1.165, 1.54) is 10.5 Å². The molecule has 15 heteroatoms. The lowest BCUT2D eigenvalue weighted by atomic mass is 9.87. The summed E-state index contributed by atoms with van der Waals surface area (Å²) in [6, 6.07) is 18.1. The highest BCUT2D eigenvalue weighted by Crippen LogP contribution is 2.39. The van der Waals surface area contributed by atoms with Gasteiger partial charge < -0.3 is 25.0 Å². The summed E-state index contributed by atoms with van der Waals surface area (Å²) < 4.78 is 18.3. The number of nitrogens with zero attached hydrogens (tertiary/aromatic N) is 5. The molecular formula is C45H46ClFN8O5. The van der Waals surface area contributed by atoms with Gasteiger partial charge in [-0.25, -0.2) is 4.39 Å². The standard InChI is InChI=1S/C45H46ClFN8O5/c1-52(2)45(60)37-25-34-32(24-33(41(47)42(34)49-37)31-5-3-18-54(26-31)40(57)16-22-55-19-4-17-48-55)29-8-6-27(7-9-29)28-14-20-53(21-15-28)38-12-10-30(23-35(38)46)43(58)50-36-11-13-39(56)51-44(36)59/h4-10,12,17,19,23-25,28,36,49H,3,11,13-16,18,20-22,26H2,1-2H3,(H,50,58)(H,51,56,59). The van der Waals surface area contributed by atoms with Crippen LogP contribution in [-0.4, -0.2) is 100 Å². The lowest BCUT2D eigenvalue weighted by Gasteiger charge is -2.34. The maximum Gasteiger partial charge on any atom is 0.269 e. The summed E-state index contributed by atoms with van der Waals surface area (Å²) in [4.78, 5) is 71.3. The van der Waals surface area contributed by atoms with E-state index >= 15 is 4.39 Å². The van der Waals surface area contributed by atoms with Crippen LogP contribution in [0.3, 0.4) is 0 Å². The SMILES string of the molecule is CN(C)C(=O)c1cc2c(-c3ccc(C4CCN(c5ccc(C(=O)NC6CCC(=O)NC6=O)cc5Cl)CC4)cc3)cc(C3=CCCN(C(=O)CCn4cccn4)C3)c(F)c2[nH]1. The van der Waals surface area contributed by atoms with Crippen LogP contribution in [0.1, 0.15) is 76.4 Å². The topological polar surface area (TPSA) is 153 Å². The first kappa shape index (κ1) is 40.5. The number of amides is 5. The van der Waals surface area contributed by atoms with Crippen molar-refractivity contribution in [1.29, 1.82) is 0 Å². The minimum absolute atomic E-state index is 0.0213. The molecule has 13 nitrogen and oxygen atoms in total. The Bertz CT molecular complexity index is 2510. The molecule has 5 aromatic rings. The molecule has 0 aliphatic carbocycles. The van der Waals surface area contributed by atoms with Crippen molar-refractivity contribution in [1.82, 2.24) is 35.2 Å². The van der Waals surface area contributed by atoms with Crippen LogP contribution < -0.4 is 15.5 Å². The summed E-state index contributed by atoms with van der Waals surface area (Å²) in [5, 5.41) is 10.2. The van der Waals surface area contributed by atoms with Crippen LogP contribution in [0.2, 0.25) is 5.02 Å². The number of benzene rings is 3. The van der Waals surface area contributed by atoms with Crippen molar-refractivity contribution < 1.29 is 28.4 Å². The van der Waals surface area contributed by atoms with Gasteiger partial charge in [-0.3, -0.25) is 34.0 Å². The van der Waals surface area contributed by atoms with Crippen LogP contribution in [0.5, 0.6) is 0 Å². The Morgan fingerprint density at radius 1 is 0.983 bits per heavy atom. The van der Waals surface area contributed by atoms with E-state index in [2.05, 4.69) is 49.9 Å². The molecule has 310 valence electrons. The van der Waals surface area contributed by atoms with Crippen molar-refractivity contribution in [2.75, 3.05) is 45.2 Å². The van der Waals surface area contributed by atoms with E-state index in [0.29, 0.717) is 41.0 Å². The van der Waals surface area contributed by atoms with E-state index < -0.39 is 23.7 Å². The highest BCUT2D eigenvalue weighted by atomic mass is 35.5. The molecule has 3 N–H and O–H groups in total. The number of carbonyl (C=O) groups excluding carboxylic acids is 5. The Morgan fingerprint density at radius 3 is 2.47 bits per heavy atom. The zero-order valence-electron chi connectivity index (χ0n) is 33.5. The molecule has 60 heavy (non-hydrogen) atoms. The minimum atomic E-state index is -0.774. The molecule has 0 spiro atoms. The van der Waals surface area contributed by atoms with Gasteiger partial charge in [0.2, 0.25) is 17.7 Å². The molecule has 8 rings (SSSR count). The van der Waals surface area contributed by atoms with Gasteiger partial charge in [0.25, 0.3) is 11.8 Å². The van der Waals surface area contributed by atoms with E-state index in [0.717, 1.165) is 48.3 Å². The van der Waals surface area contributed by atoms with E-state index in [1.54, 1.807) is 48.1 Å². The molecule has 0 saturated carbocycles. The van der Waals surface area contributed by atoms with Crippen molar-refractivity contribution in [2.45, 2.75) is 57.0 Å². The Morgan fingerprint density at radius 2 is 1.77 bits per heavy atom. The van der Waals surface area contributed by atoms with Crippen LogP contribution in [0.15, 0.2) is 79.1 Å². The number of hydrogen-bond donors (Lipinski definition) is 3. The molecule has 2 aromatic heterocycles. The molecule has 0 bridgehead atoms. The summed E-state index contributed by atoms with van der Waals surface area (Å²) in [5.41, 5.74) is 5.64. The number of anilines is 1. The van der Waals surface area contributed by atoms with Gasteiger partial charge in [0.05, 0.1) is 16.2 Å². The lowest BCUT2D eigenvalue weighted by Crippen LogP contribution is -2.52. The summed E-state index contributed by atoms with van der Waals surface area (Å²) in [6.07, 6.45) is 8.55. The molecule has 3 aliphatic rings. The van der Waals surface area contributed by atoms with Gasteiger partial charge in [0, 0.05) is 88.6 Å². The maximum atomic E-state index is 16.6. The zero-order valence-corrected chi connectivity index (χ0v) is 34.2. The summed E-state index contributed by atoms with van der Waals surface area (Å²) in [7, 11) is 3.31. The third kappa shape index (κ3) is 8.42. The third-order valence-corrected chi connectivity index (χ3v) is 12.0. The number of hydrogen-bond acceptors (Lipinski definition) is 7. The Hall–Kier alpha value is -6.28. The number of rotatable bonds is 10. The van der Waals surface area contributed by atoms with Crippen LogP contribution in [0.4, 0.5) is 10.1 Å². The first-order valence-electron chi connectivity index (χ1n) is 20.2. The quantitative estimate of drug-likeness (QED) is 0.143. The van der Waals surface area contributed by atoms with Gasteiger partial charge in [-0.2, -0.15) is 5.10 Å². The van der Waals surface area contributed by atoms with Crippen LogP contribution in [-0.2, 0) is 20.9 Å². The van der Waals surface area contributed by atoms with Crippen molar-refractivity contribution in [2.24, 2.45) is 0 Å². The largest absolute Gasteiger partial charge is 0.370 e. The maximum absolute atomic E-state index is 16.6. The first-order valence-corrected chi connectivity index (χ1v) is 20.6. The predicted molar refractivity (Wildman–Crippen MR) is 227 cm³/mol. The van der Waals surface area contributed by atoms with Crippen molar-refractivity contribution in [3.05, 3.63) is 112 Å². The number of aryl methyl sites for hydroxylation is 1.